The summed E-state index contributed by atoms with van der Waals surface area (Å²) in [5.41, 5.74) is 5.82. The van der Waals surface area contributed by atoms with E-state index >= 15 is 0 Å². The van der Waals surface area contributed by atoms with Gasteiger partial charge in [-0.05, 0) is 54.2 Å². The molecule has 150 valence electrons. The second-order valence-electron chi connectivity index (χ2n) is 7.28. The summed E-state index contributed by atoms with van der Waals surface area (Å²) in [6, 6.07) is 16.2. The fraction of sp³-hybridized carbons (Fsp3) is 0.261. The first-order valence-corrected chi connectivity index (χ1v) is 9.78. The summed E-state index contributed by atoms with van der Waals surface area (Å²) in [4.78, 5) is 11.2. The summed E-state index contributed by atoms with van der Waals surface area (Å²) >= 11 is 0. The van der Waals surface area contributed by atoms with Crippen LogP contribution in [0.3, 0.4) is 0 Å². The van der Waals surface area contributed by atoms with Crippen molar-refractivity contribution in [2.24, 2.45) is 0 Å². The van der Waals surface area contributed by atoms with Gasteiger partial charge in [0.15, 0.2) is 0 Å². The lowest BCUT2D eigenvalue weighted by Crippen LogP contribution is -2.25. The Morgan fingerprint density at radius 2 is 2.10 bits per heavy atom. The van der Waals surface area contributed by atoms with Gasteiger partial charge in [-0.15, -0.1) is 0 Å². The van der Waals surface area contributed by atoms with Gasteiger partial charge in [-0.3, -0.25) is 10.0 Å². The lowest BCUT2D eigenvalue weighted by Gasteiger charge is -2.21. The Labute approximate surface area is 168 Å². The number of carbonyl (C=O) groups excluding carboxylic acids is 1. The third-order valence-electron chi connectivity index (χ3n) is 5.39. The number of rotatable bonds is 7. The molecule has 0 fully saturated rings. The number of aliphatic hydroxyl groups is 1. The zero-order chi connectivity index (χ0) is 20.2. The summed E-state index contributed by atoms with van der Waals surface area (Å²) in [6.45, 7) is 0.0743. The zero-order valence-electron chi connectivity index (χ0n) is 16.0. The van der Waals surface area contributed by atoms with Crippen molar-refractivity contribution in [1.29, 1.82) is 0 Å². The smallest absolute Gasteiger partial charge is 0.267 e. The van der Waals surface area contributed by atoms with Crippen molar-refractivity contribution in [3.05, 3.63) is 77.1 Å². The first-order valence-electron chi connectivity index (χ1n) is 9.78. The van der Waals surface area contributed by atoms with Gasteiger partial charge in [0.2, 0.25) is 0 Å². The van der Waals surface area contributed by atoms with Crippen LogP contribution in [0.4, 0.5) is 0 Å². The molecule has 1 aliphatic carbocycles. The molecule has 2 unspecified atom stereocenters. The predicted octanol–water partition coefficient (Wildman–Crippen LogP) is 3.65. The molecule has 0 saturated heterocycles. The molecule has 0 radical (unpaired) electrons. The quantitative estimate of drug-likeness (QED) is 0.280. The molecule has 29 heavy (non-hydrogen) atoms. The Morgan fingerprint density at radius 1 is 1.24 bits per heavy atom. The number of para-hydroxylation sites is 1. The van der Waals surface area contributed by atoms with E-state index in [0.29, 0.717) is 6.42 Å². The van der Waals surface area contributed by atoms with Crippen LogP contribution in [0.1, 0.15) is 47.4 Å². The van der Waals surface area contributed by atoms with Crippen molar-refractivity contribution in [2.75, 3.05) is 6.61 Å². The average molecular weight is 392 g/mol. The van der Waals surface area contributed by atoms with E-state index in [1.165, 1.54) is 17.2 Å². The molecular formula is C23H24N2O4. The van der Waals surface area contributed by atoms with Crippen LogP contribution in [-0.4, -0.2) is 22.8 Å². The Hall–Kier alpha value is -2.93. The Bertz CT molecular complexity index is 1010. The number of aryl methyl sites for hydroxylation is 1. The minimum atomic E-state index is -0.553. The monoisotopic (exact) mass is 392 g/mol. The zero-order valence-corrected chi connectivity index (χ0v) is 16.0. The standard InChI is InChI=1S/C23H24N2O4/c26-12-11-20(22-14-17-3-1-2-4-21(17)29-22)24-19-9-7-16-13-15(5-8-18(16)19)6-10-23(27)25-28/h1-6,8,10,13-14,19-20,24,26,28H,7,9,11-12H2,(H,25,27). The molecular weight excluding hydrogens is 368 g/mol. The topological polar surface area (TPSA) is 94.7 Å². The molecule has 6 heteroatoms. The largest absolute Gasteiger partial charge is 0.459 e. The number of hydroxylamine groups is 1. The summed E-state index contributed by atoms with van der Waals surface area (Å²) in [6.07, 6.45) is 5.44. The number of hydrogen-bond acceptors (Lipinski definition) is 5. The van der Waals surface area contributed by atoms with E-state index in [4.69, 9.17) is 9.62 Å². The van der Waals surface area contributed by atoms with Crippen molar-refractivity contribution in [1.82, 2.24) is 10.8 Å². The summed E-state index contributed by atoms with van der Waals surface area (Å²) in [7, 11) is 0. The second kappa shape index (κ2) is 8.61. The molecule has 0 saturated carbocycles. The van der Waals surface area contributed by atoms with Crippen LogP contribution in [0, 0.1) is 0 Å². The number of hydrogen-bond donors (Lipinski definition) is 4. The fourth-order valence-corrected chi connectivity index (χ4v) is 3.98. The lowest BCUT2D eigenvalue weighted by atomic mass is 10.0. The van der Waals surface area contributed by atoms with Crippen LogP contribution >= 0.6 is 0 Å². The molecule has 0 bridgehead atoms. The number of amides is 1. The molecule has 1 heterocycles. The normalized spacial score (nSPS) is 17.0. The van der Waals surface area contributed by atoms with Gasteiger partial charge in [0, 0.05) is 24.1 Å². The van der Waals surface area contributed by atoms with E-state index in [2.05, 4.69) is 17.4 Å². The van der Waals surface area contributed by atoms with Gasteiger partial charge >= 0.3 is 0 Å². The van der Waals surface area contributed by atoms with Crippen molar-refractivity contribution in [3.63, 3.8) is 0 Å². The Morgan fingerprint density at radius 3 is 2.90 bits per heavy atom. The van der Waals surface area contributed by atoms with Gasteiger partial charge in [-0.25, -0.2) is 5.48 Å². The van der Waals surface area contributed by atoms with E-state index in [0.717, 1.165) is 35.1 Å². The number of nitrogens with one attached hydrogen (secondary N) is 2. The van der Waals surface area contributed by atoms with Gasteiger partial charge in [-0.2, -0.15) is 0 Å². The third-order valence-corrected chi connectivity index (χ3v) is 5.39. The molecule has 4 rings (SSSR count). The highest BCUT2D eigenvalue weighted by molar-refractivity contribution is 5.90. The third kappa shape index (κ3) is 4.24. The molecule has 2 aromatic carbocycles. The fourth-order valence-electron chi connectivity index (χ4n) is 3.98. The molecule has 0 spiro atoms. The summed E-state index contributed by atoms with van der Waals surface area (Å²) < 4.78 is 6.02. The minimum absolute atomic E-state index is 0.0730. The van der Waals surface area contributed by atoms with Gasteiger partial charge in [-0.1, -0.05) is 36.4 Å². The van der Waals surface area contributed by atoms with E-state index in [-0.39, 0.29) is 18.7 Å². The lowest BCUT2D eigenvalue weighted by molar-refractivity contribution is -0.124. The number of carbonyl (C=O) groups is 1. The minimum Gasteiger partial charge on any atom is -0.459 e. The molecule has 6 nitrogen and oxygen atoms in total. The maximum atomic E-state index is 11.2. The van der Waals surface area contributed by atoms with Crippen LogP contribution in [0.5, 0.6) is 0 Å². The van der Waals surface area contributed by atoms with E-state index < -0.39 is 5.91 Å². The van der Waals surface area contributed by atoms with Crippen LogP contribution in [-0.2, 0) is 11.2 Å². The molecule has 2 atom stereocenters. The number of furan rings is 1. The van der Waals surface area contributed by atoms with Gasteiger partial charge < -0.3 is 14.8 Å². The first-order chi connectivity index (χ1) is 14.2. The molecule has 3 aromatic rings. The molecule has 1 aliphatic rings. The van der Waals surface area contributed by atoms with E-state index in [1.54, 1.807) is 11.6 Å². The number of fused-ring (bicyclic) bond motifs is 2. The molecule has 1 amide bonds. The van der Waals surface area contributed by atoms with Crippen molar-refractivity contribution < 1.29 is 19.5 Å². The molecule has 1 aromatic heterocycles. The average Bonchev–Trinajstić information content (AvgIpc) is 3.35. The van der Waals surface area contributed by atoms with E-state index in [1.807, 2.05) is 36.4 Å². The van der Waals surface area contributed by atoms with E-state index in [9.17, 15) is 9.90 Å². The van der Waals surface area contributed by atoms with Gasteiger partial charge in [0.25, 0.3) is 5.91 Å². The van der Waals surface area contributed by atoms with Crippen molar-refractivity contribution >= 4 is 23.0 Å². The van der Waals surface area contributed by atoms with Gasteiger partial charge in [0.1, 0.15) is 11.3 Å². The Balaban J connectivity index is 1.53. The highest BCUT2D eigenvalue weighted by atomic mass is 16.5. The SMILES string of the molecule is O=C(C=Cc1ccc2c(c1)CCC2NC(CCO)c1cc2ccccc2o1)NO. The predicted molar refractivity (Wildman–Crippen MR) is 110 cm³/mol. The van der Waals surface area contributed by atoms with Crippen molar-refractivity contribution in [3.8, 4) is 0 Å². The molecule has 0 aliphatic heterocycles. The summed E-state index contributed by atoms with van der Waals surface area (Å²) in [5, 5.41) is 22.9. The molecule has 4 N–H and O–H groups in total. The maximum absolute atomic E-state index is 11.2. The van der Waals surface area contributed by atoms with Gasteiger partial charge in [0.05, 0.1) is 6.04 Å². The maximum Gasteiger partial charge on any atom is 0.267 e. The summed E-state index contributed by atoms with van der Waals surface area (Å²) in [5.74, 6) is 0.283. The first kappa shape index (κ1) is 19.4. The van der Waals surface area contributed by atoms with Crippen LogP contribution < -0.4 is 10.8 Å². The van der Waals surface area contributed by atoms with Crippen LogP contribution in [0.2, 0.25) is 0 Å². The second-order valence-corrected chi connectivity index (χ2v) is 7.28. The number of benzene rings is 2. The highest BCUT2D eigenvalue weighted by Gasteiger charge is 2.26. The Kier molecular flexibility index (Phi) is 5.76. The highest BCUT2D eigenvalue weighted by Crippen LogP contribution is 2.35. The van der Waals surface area contributed by atoms with Crippen molar-refractivity contribution in [2.45, 2.75) is 31.3 Å². The van der Waals surface area contributed by atoms with Crippen LogP contribution in [0.25, 0.3) is 17.0 Å². The van der Waals surface area contributed by atoms with Crippen LogP contribution in [0.15, 0.2) is 59.0 Å². The number of aliphatic hydroxyl groups excluding tert-OH is 1.